The minimum Gasteiger partial charge on any atom is -0.389 e. The fourth-order valence-corrected chi connectivity index (χ4v) is 1.39. The van der Waals surface area contributed by atoms with E-state index in [4.69, 9.17) is 0 Å². The highest BCUT2D eigenvalue weighted by atomic mass is 16.3. The summed E-state index contributed by atoms with van der Waals surface area (Å²) in [5.74, 6) is 0. The minimum atomic E-state index is -0.348. The van der Waals surface area contributed by atoms with Gasteiger partial charge in [-0.05, 0) is 40.2 Å². The van der Waals surface area contributed by atoms with E-state index < -0.39 is 0 Å². The van der Waals surface area contributed by atoms with Gasteiger partial charge in [-0.15, -0.1) is 0 Å². The second-order valence-electron chi connectivity index (χ2n) is 4.09. The molecular formula is C11H25NO. The van der Waals surface area contributed by atoms with Crippen molar-refractivity contribution in [3.05, 3.63) is 0 Å². The van der Waals surface area contributed by atoms with Crippen LogP contribution in [-0.2, 0) is 0 Å². The Hall–Kier alpha value is -0.0800. The van der Waals surface area contributed by atoms with Crippen molar-refractivity contribution < 1.29 is 5.11 Å². The zero-order chi connectivity index (χ0) is 10.5. The third-order valence-electron chi connectivity index (χ3n) is 2.71. The predicted molar refractivity (Wildman–Crippen MR) is 57.9 cm³/mol. The molecule has 0 amide bonds. The molecule has 0 radical (unpaired) electrons. The molecule has 13 heavy (non-hydrogen) atoms. The van der Waals surface area contributed by atoms with Crippen molar-refractivity contribution in [2.75, 3.05) is 13.6 Å². The van der Waals surface area contributed by atoms with Gasteiger partial charge in [0, 0.05) is 12.6 Å². The van der Waals surface area contributed by atoms with E-state index in [1.165, 1.54) is 6.42 Å². The third kappa shape index (κ3) is 4.10. The summed E-state index contributed by atoms with van der Waals surface area (Å²) in [7, 11) is 2.07. The molecule has 1 rings (SSSR count). The number of rotatable bonds is 3. The lowest BCUT2D eigenvalue weighted by Gasteiger charge is -2.40. The normalized spacial score (nSPS) is 19.4. The number of hydrogen-bond acceptors (Lipinski definition) is 2. The average Bonchev–Trinajstić information content (AvgIpc) is 2.05. The molecule has 0 aromatic carbocycles. The molecule has 2 nitrogen and oxygen atoms in total. The van der Waals surface area contributed by atoms with Gasteiger partial charge in [0.15, 0.2) is 0 Å². The van der Waals surface area contributed by atoms with Gasteiger partial charge in [0.05, 0.1) is 5.60 Å². The summed E-state index contributed by atoms with van der Waals surface area (Å²) in [5, 5.41) is 9.79. The summed E-state index contributed by atoms with van der Waals surface area (Å²) in [4.78, 5) is 2.21. The van der Waals surface area contributed by atoms with Crippen molar-refractivity contribution in [3.8, 4) is 0 Å². The Morgan fingerprint density at radius 1 is 1.31 bits per heavy atom. The maximum Gasteiger partial charge on any atom is 0.0774 e. The van der Waals surface area contributed by atoms with Gasteiger partial charge >= 0.3 is 0 Å². The first-order valence-electron chi connectivity index (χ1n) is 5.46. The zero-order valence-corrected chi connectivity index (χ0v) is 9.80. The van der Waals surface area contributed by atoms with Crippen LogP contribution >= 0.6 is 0 Å². The number of hydrogen-bond donors (Lipinski definition) is 1. The largest absolute Gasteiger partial charge is 0.389 e. The summed E-state index contributed by atoms with van der Waals surface area (Å²) < 4.78 is 0. The Morgan fingerprint density at radius 2 is 1.77 bits per heavy atom. The topological polar surface area (TPSA) is 23.5 Å². The van der Waals surface area contributed by atoms with E-state index >= 15 is 0 Å². The van der Waals surface area contributed by atoms with E-state index in [9.17, 15) is 5.11 Å². The lowest BCUT2D eigenvalue weighted by Crippen LogP contribution is -2.48. The summed E-state index contributed by atoms with van der Waals surface area (Å²) in [6, 6.07) is 0.541. The highest BCUT2D eigenvalue weighted by Gasteiger charge is 2.35. The summed E-state index contributed by atoms with van der Waals surface area (Å²) in [6.45, 7) is 9.15. The van der Waals surface area contributed by atoms with Crippen LogP contribution in [0.3, 0.4) is 0 Å². The highest BCUT2D eigenvalue weighted by Crippen LogP contribution is 2.32. The van der Waals surface area contributed by atoms with E-state index in [2.05, 4.69) is 25.8 Å². The van der Waals surface area contributed by atoms with Gasteiger partial charge in [-0.3, -0.25) is 0 Å². The van der Waals surface area contributed by atoms with Gasteiger partial charge in [0.1, 0.15) is 0 Å². The molecule has 0 heterocycles. The predicted octanol–water partition coefficient (Wildman–Crippen LogP) is 2.27. The van der Waals surface area contributed by atoms with Gasteiger partial charge < -0.3 is 10.0 Å². The smallest absolute Gasteiger partial charge is 0.0774 e. The Morgan fingerprint density at radius 3 is 2.00 bits per heavy atom. The molecule has 1 saturated carbocycles. The van der Waals surface area contributed by atoms with Crippen molar-refractivity contribution in [3.63, 3.8) is 0 Å². The van der Waals surface area contributed by atoms with Gasteiger partial charge in [-0.1, -0.05) is 13.8 Å². The maximum absolute atomic E-state index is 9.79. The lowest BCUT2D eigenvalue weighted by molar-refractivity contribution is -0.0589. The molecule has 1 N–H and O–H groups in total. The number of nitrogens with zero attached hydrogens (tertiary/aromatic N) is 1. The van der Waals surface area contributed by atoms with Crippen molar-refractivity contribution >= 4 is 0 Å². The van der Waals surface area contributed by atoms with E-state index in [-0.39, 0.29) is 5.60 Å². The molecule has 0 saturated heterocycles. The molecule has 1 aliphatic carbocycles. The first-order valence-corrected chi connectivity index (χ1v) is 5.46. The average molecular weight is 187 g/mol. The molecular weight excluding hydrogens is 162 g/mol. The van der Waals surface area contributed by atoms with Gasteiger partial charge in [-0.2, -0.15) is 0 Å². The van der Waals surface area contributed by atoms with Crippen molar-refractivity contribution in [1.29, 1.82) is 0 Å². The molecule has 0 aliphatic heterocycles. The second kappa shape index (κ2) is 5.61. The van der Waals surface area contributed by atoms with Crippen LogP contribution in [0.15, 0.2) is 0 Å². The Labute approximate surface area is 82.9 Å². The zero-order valence-electron chi connectivity index (χ0n) is 9.80. The monoisotopic (exact) mass is 187 g/mol. The first-order chi connectivity index (χ1) is 6.03. The quantitative estimate of drug-likeness (QED) is 0.732. The Kier molecular flexibility index (Phi) is 5.57. The Balaban J connectivity index is 0.000000671. The SMILES string of the molecule is CC.CC(C)N(C)CC1(O)CCC1. The maximum atomic E-state index is 9.79. The molecule has 1 aliphatic rings. The van der Waals surface area contributed by atoms with Crippen LogP contribution in [0.1, 0.15) is 47.0 Å². The van der Waals surface area contributed by atoms with E-state index in [0.717, 1.165) is 19.4 Å². The molecule has 80 valence electrons. The molecule has 2 heteroatoms. The van der Waals surface area contributed by atoms with Crippen LogP contribution in [0.4, 0.5) is 0 Å². The molecule has 0 aromatic heterocycles. The van der Waals surface area contributed by atoms with Crippen molar-refractivity contribution in [2.45, 2.75) is 58.6 Å². The first kappa shape index (κ1) is 12.9. The van der Waals surface area contributed by atoms with Crippen LogP contribution in [0.25, 0.3) is 0 Å². The standard InChI is InChI=1S/C9H19NO.C2H6/c1-8(2)10(3)7-9(11)5-4-6-9;1-2/h8,11H,4-7H2,1-3H3;1-2H3. The van der Waals surface area contributed by atoms with Crippen LogP contribution in [0.5, 0.6) is 0 Å². The number of aliphatic hydroxyl groups is 1. The minimum absolute atomic E-state index is 0.348. The van der Waals surface area contributed by atoms with Crippen LogP contribution in [-0.4, -0.2) is 35.2 Å². The van der Waals surface area contributed by atoms with Crippen molar-refractivity contribution in [1.82, 2.24) is 4.90 Å². The van der Waals surface area contributed by atoms with Gasteiger partial charge in [0.2, 0.25) is 0 Å². The van der Waals surface area contributed by atoms with E-state index in [1.54, 1.807) is 0 Å². The van der Waals surface area contributed by atoms with Crippen LogP contribution in [0.2, 0.25) is 0 Å². The molecule has 1 fully saturated rings. The molecule has 0 bridgehead atoms. The summed E-state index contributed by atoms with van der Waals surface area (Å²) >= 11 is 0. The molecule has 0 atom stereocenters. The second-order valence-corrected chi connectivity index (χ2v) is 4.09. The molecule has 0 spiro atoms. The van der Waals surface area contributed by atoms with Crippen LogP contribution in [0, 0.1) is 0 Å². The molecule has 0 aromatic rings. The summed E-state index contributed by atoms with van der Waals surface area (Å²) in [6.07, 6.45) is 3.18. The Bertz CT molecular complexity index is 130. The fraction of sp³-hybridized carbons (Fsp3) is 1.00. The highest BCUT2D eigenvalue weighted by molar-refractivity contribution is 4.90. The van der Waals surface area contributed by atoms with E-state index in [1.807, 2.05) is 13.8 Å². The lowest BCUT2D eigenvalue weighted by atomic mass is 9.80. The fourth-order valence-electron chi connectivity index (χ4n) is 1.39. The van der Waals surface area contributed by atoms with Crippen molar-refractivity contribution in [2.24, 2.45) is 0 Å². The van der Waals surface area contributed by atoms with Gasteiger partial charge in [-0.25, -0.2) is 0 Å². The summed E-state index contributed by atoms with van der Waals surface area (Å²) in [5.41, 5.74) is -0.348. The van der Waals surface area contributed by atoms with Crippen LogP contribution < -0.4 is 0 Å². The molecule has 0 unspecified atom stereocenters. The van der Waals surface area contributed by atoms with Gasteiger partial charge in [0.25, 0.3) is 0 Å². The third-order valence-corrected chi connectivity index (χ3v) is 2.71. The van der Waals surface area contributed by atoms with E-state index in [0.29, 0.717) is 6.04 Å². The number of likely N-dealkylation sites (N-methyl/N-ethyl adjacent to an activating group) is 1.